The Labute approximate surface area is 609 Å². The number of nitrogens with zero attached hydrogens (tertiary/aromatic N) is 2. The Balaban J connectivity index is 2.61. The summed E-state index contributed by atoms with van der Waals surface area (Å²) < 4.78 is 71.9. The minimum atomic E-state index is -5.47. The topological polar surface area (TPSA) is 391 Å². The molecule has 0 aromatic rings. The lowest BCUT2D eigenvalue weighted by Gasteiger charge is -2.49. The molecule has 596 valence electrons. The molecular formula is C72H135N5O23P2. The molecule has 0 aliphatic carbocycles. The summed E-state index contributed by atoms with van der Waals surface area (Å²) in [5.74, 6) is -3.97. The minimum Gasteiger partial charge on any atom is -0.456 e. The second-order valence-corrected chi connectivity index (χ2v) is 30.0. The highest BCUT2D eigenvalue weighted by atomic mass is 31.2. The molecule has 0 bridgehead atoms. The van der Waals surface area contributed by atoms with Crippen LogP contribution in [-0.4, -0.2) is 209 Å². The fraction of sp³-hybridized carbons (Fsp3) is 0.903. The number of phosphoric ester groups is 2. The molecule has 0 saturated carbocycles. The number of aliphatic hydroxyl groups is 2. The van der Waals surface area contributed by atoms with Crippen LogP contribution in [0.4, 0.5) is 0 Å². The van der Waals surface area contributed by atoms with E-state index in [1.54, 1.807) is 0 Å². The number of phosphoric acid groups is 2. The van der Waals surface area contributed by atoms with E-state index in [-0.39, 0.29) is 44.5 Å². The highest BCUT2D eigenvalue weighted by molar-refractivity contribution is 7.46. The van der Waals surface area contributed by atoms with E-state index in [0.717, 1.165) is 157 Å². The summed E-state index contributed by atoms with van der Waals surface area (Å²) in [6.45, 7) is 3.32. The molecule has 9 N–H and O–H groups in total. The number of carbonyl (C=O) groups is 7. The molecule has 0 radical (unpaired) electrons. The number of rotatable bonds is 64. The van der Waals surface area contributed by atoms with Crippen molar-refractivity contribution in [3.05, 3.63) is 0 Å². The number of nitrogens with one attached hydrogen (secondary N) is 3. The fourth-order valence-corrected chi connectivity index (χ4v) is 13.6. The number of hydrogen-bond acceptors (Lipinski definition) is 19. The first-order valence-corrected chi connectivity index (χ1v) is 41.9. The van der Waals surface area contributed by atoms with Crippen LogP contribution < -0.4 is 16.0 Å². The van der Waals surface area contributed by atoms with Crippen molar-refractivity contribution in [2.24, 2.45) is 0 Å². The van der Waals surface area contributed by atoms with Crippen LogP contribution in [0.25, 0.3) is 0 Å². The predicted molar refractivity (Wildman–Crippen MR) is 386 cm³/mol. The molecule has 0 aromatic heterocycles. The number of Topliss-reactive ketones (excluding diaryl/α,β-unsaturated/α-hetero) is 1. The lowest BCUT2D eigenvalue weighted by atomic mass is 9.94. The fourth-order valence-electron chi connectivity index (χ4n) is 12.7. The number of amides is 5. The van der Waals surface area contributed by atoms with Gasteiger partial charge < -0.3 is 84.0 Å². The van der Waals surface area contributed by atoms with E-state index >= 15 is 0 Å². The highest BCUT2D eigenvalue weighted by Crippen LogP contribution is 2.43. The zero-order valence-corrected chi connectivity index (χ0v) is 64.6. The maximum atomic E-state index is 14.4. The van der Waals surface area contributed by atoms with Crippen molar-refractivity contribution >= 4 is 56.9 Å². The zero-order valence-electron chi connectivity index (χ0n) is 62.8. The van der Waals surface area contributed by atoms with Crippen molar-refractivity contribution in [2.75, 3.05) is 66.8 Å². The number of ketones is 1. The Kier molecular flexibility index (Phi) is 53.4. The summed E-state index contributed by atoms with van der Waals surface area (Å²) in [5.41, 5.74) is 0. The SMILES string of the molecule is CCCCCCCCCCCC(=O)NCC(=O)O[C@H]1[C@H](O)[C@@H](CO[C@@H]2O[C@H](CO)[C@@H](OP(=O)(O)O)[C@H](OCCCC(=O)CCCCCCCCCC)[C@H]2N(C)C(=O)CNC(=O)CCCCCCCCCCC)O[C@H](OCCOP(=O)(O)O)[C@@H]1N(C)C(=O)CNC(=O)CCCCCCCCCCC. The van der Waals surface area contributed by atoms with Crippen LogP contribution >= 0.6 is 15.6 Å². The summed E-state index contributed by atoms with van der Waals surface area (Å²) in [5, 5.41) is 31.2. The molecule has 2 aliphatic heterocycles. The van der Waals surface area contributed by atoms with Gasteiger partial charge in [-0.3, -0.25) is 42.6 Å². The van der Waals surface area contributed by atoms with Crippen molar-refractivity contribution in [2.45, 2.75) is 352 Å². The summed E-state index contributed by atoms with van der Waals surface area (Å²) in [6.07, 6.45) is 22.2. The number of unbranched alkanes of at least 4 members (excludes halogenated alkanes) is 31. The predicted octanol–water partition coefficient (Wildman–Crippen LogP) is 10.4. The number of carbonyl (C=O) groups excluding carboxylic acids is 7. The van der Waals surface area contributed by atoms with E-state index < -0.39 is 158 Å². The van der Waals surface area contributed by atoms with Crippen molar-refractivity contribution in [3.63, 3.8) is 0 Å². The first-order valence-electron chi connectivity index (χ1n) is 38.8. The van der Waals surface area contributed by atoms with Gasteiger partial charge in [-0.05, 0) is 32.1 Å². The zero-order chi connectivity index (χ0) is 75.4. The van der Waals surface area contributed by atoms with Gasteiger partial charge in [-0.1, -0.05) is 227 Å². The van der Waals surface area contributed by atoms with E-state index in [2.05, 4.69) is 48.2 Å². The smallest absolute Gasteiger partial charge is 0.456 e. The maximum Gasteiger partial charge on any atom is 0.470 e. The third-order valence-corrected chi connectivity index (χ3v) is 19.8. The highest BCUT2D eigenvalue weighted by Gasteiger charge is 2.55. The monoisotopic (exact) mass is 1500 g/mol. The third-order valence-electron chi connectivity index (χ3n) is 18.7. The van der Waals surface area contributed by atoms with Crippen molar-refractivity contribution in [3.8, 4) is 0 Å². The van der Waals surface area contributed by atoms with Gasteiger partial charge in [0.1, 0.15) is 54.9 Å². The molecule has 0 spiro atoms. The van der Waals surface area contributed by atoms with Crippen molar-refractivity contribution in [1.82, 2.24) is 25.8 Å². The molecule has 2 rings (SSSR count). The average Bonchev–Trinajstić information content (AvgIpc) is 0.775. The van der Waals surface area contributed by atoms with Gasteiger partial charge in [-0.25, -0.2) is 9.13 Å². The number of esters is 1. The van der Waals surface area contributed by atoms with Gasteiger partial charge in [0.2, 0.25) is 29.5 Å². The van der Waals surface area contributed by atoms with Gasteiger partial charge in [0, 0.05) is 52.8 Å². The molecule has 2 saturated heterocycles. The second kappa shape index (κ2) is 57.6. The molecule has 102 heavy (non-hydrogen) atoms. The van der Waals surface area contributed by atoms with Gasteiger partial charge in [-0.2, -0.15) is 0 Å². The molecule has 2 fully saturated rings. The van der Waals surface area contributed by atoms with Gasteiger partial charge >= 0.3 is 21.6 Å². The quantitative estimate of drug-likeness (QED) is 0.0155. The van der Waals surface area contributed by atoms with Gasteiger partial charge in [0.25, 0.3) is 0 Å². The normalized spacial score (nSPS) is 20.8. The first kappa shape index (κ1) is 94.5. The minimum absolute atomic E-state index is 0.0408. The summed E-state index contributed by atoms with van der Waals surface area (Å²) in [4.78, 5) is 137. The molecule has 0 unspecified atom stereocenters. The number of likely N-dealkylation sites (N-methyl/N-ethyl adjacent to an activating group) is 2. The summed E-state index contributed by atoms with van der Waals surface area (Å²) >= 11 is 0. The number of ether oxygens (including phenoxy) is 6. The number of hydrogen-bond donors (Lipinski definition) is 9. The van der Waals surface area contributed by atoms with Crippen LogP contribution in [-0.2, 0) is 80.2 Å². The number of aliphatic hydroxyl groups excluding tert-OH is 2. The van der Waals surface area contributed by atoms with Crippen LogP contribution in [0.3, 0.4) is 0 Å². The van der Waals surface area contributed by atoms with Crippen LogP contribution in [0.15, 0.2) is 0 Å². The lowest BCUT2D eigenvalue weighted by Crippen LogP contribution is -2.68. The summed E-state index contributed by atoms with van der Waals surface area (Å²) in [6, 6.07) is -3.21. The van der Waals surface area contributed by atoms with Crippen LogP contribution in [0.2, 0.25) is 0 Å². The Morgan fingerprint density at radius 1 is 0.412 bits per heavy atom. The lowest BCUT2D eigenvalue weighted by molar-refractivity contribution is -0.317. The molecule has 30 heteroatoms. The Hall–Kier alpha value is -3.57. The van der Waals surface area contributed by atoms with Gasteiger partial charge in [-0.15, -0.1) is 0 Å². The standard InChI is InChI=1S/C72H135N5O23P2/c1-7-11-15-19-23-27-31-35-39-45-59(80)73-51-62(83)76(5)65-69(99-64(85)53-75-61(82)47-41-37-33-29-25-21-17-13-9-3)67(86)58(98-71(65)94-49-50-96-101(87,88)89)55-95-72-66(77(6)63(84)52-74-60(81)46-40-36-32-28-24-20-16-12-8-2)70(68(57(54-78)97-72)100-102(90,91)92)93-48-42-44-56(79)43-38-34-30-26-22-18-14-10-4/h57-58,65-72,78,86H,7-55H2,1-6H3,(H,73,80)(H,74,81)(H,75,82)(H2,87,88,89)(H2,90,91,92)/t57-,58-,65-,66-,67-,68-,69-,70-,71+,72-/m1/s1. The van der Waals surface area contributed by atoms with E-state index in [1.165, 1.54) is 65.5 Å². The molecule has 10 atom stereocenters. The van der Waals surface area contributed by atoms with Crippen LogP contribution in [0.1, 0.15) is 291 Å². The summed E-state index contributed by atoms with van der Waals surface area (Å²) in [7, 11) is -8.01. The third kappa shape index (κ3) is 43.9. The molecule has 2 aliphatic rings. The average molecular weight is 1500 g/mol. The van der Waals surface area contributed by atoms with Crippen LogP contribution in [0, 0.1) is 0 Å². The van der Waals surface area contributed by atoms with E-state index in [4.69, 9.17) is 32.9 Å². The Bertz CT molecular complexity index is 2370. The first-order chi connectivity index (χ1) is 48.9. The second-order valence-electron chi connectivity index (χ2n) is 27.6. The van der Waals surface area contributed by atoms with E-state index in [9.17, 15) is 72.5 Å². The Morgan fingerprint density at radius 2 is 0.775 bits per heavy atom. The largest absolute Gasteiger partial charge is 0.470 e. The molecule has 28 nitrogen and oxygen atoms in total. The van der Waals surface area contributed by atoms with E-state index in [1.807, 2.05) is 0 Å². The molecular weight excluding hydrogens is 1360 g/mol. The maximum absolute atomic E-state index is 14.4. The van der Waals surface area contributed by atoms with E-state index in [0.29, 0.717) is 32.1 Å². The molecule has 2 heterocycles. The van der Waals surface area contributed by atoms with Crippen molar-refractivity contribution < 1.29 is 110 Å². The molecule has 5 amide bonds. The Morgan fingerprint density at radius 3 is 1.18 bits per heavy atom. The van der Waals surface area contributed by atoms with Crippen molar-refractivity contribution in [1.29, 1.82) is 0 Å². The molecule has 0 aromatic carbocycles. The van der Waals surface area contributed by atoms with Crippen LogP contribution in [0.5, 0.6) is 0 Å². The van der Waals surface area contributed by atoms with Gasteiger partial charge in [0.05, 0.1) is 39.5 Å². The van der Waals surface area contributed by atoms with Gasteiger partial charge in [0.15, 0.2) is 18.7 Å².